The molecule has 5 nitrogen and oxygen atoms in total. The first-order valence-electron chi connectivity index (χ1n) is 9.07. The SMILES string of the molecule is NC(=O)C1CC[NH+](CC(=O)N2CCC[C@H]3CCCC[C@H]32)CC1. The fourth-order valence-electron chi connectivity index (χ4n) is 4.74. The summed E-state index contributed by atoms with van der Waals surface area (Å²) in [6, 6.07) is 0.512. The van der Waals surface area contributed by atoms with E-state index in [1.165, 1.54) is 43.4 Å². The van der Waals surface area contributed by atoms with Crippen molar-refractivity contribution in [1.82, 2.24) is 4.90 Å². The minimum absolute atomic E-state index is 0.0246. The highest BCUT2D eigenvalue weighted by molar-refractivity contribution is 5.78. The predicted octanol–water partition coefficient (Wildman–Crippen LogP) is -0.0522. The summed E-state index contributed by atoms with van der Waals surface area (Å²) in [7, 11) is 0. The van der Waals surface area contributed by atoms with Crippen LogP contribution in [0.1, 0.15) is 51.4 Å². The van der Waals surface area contributed by atoms with Crippen molar-refractivity contribution in [2.75, 3.05) is 26.2 Å². The lowest BCUT2D eigenvalue weighted by atomic mass is 9.78. The smallest absolute Gasteiger partial charge is 0.278 e. The van der Waals surface area contributed by atoms with Gasteiger partial charge in [-0.15, -0.1) is 0 Å². The van der Waals surface area contributed by atoms with E-state index in [1.54, 1.807) is 0 Å². The number of nitrogens with one attached hydrogen (secondary N) is 1. The summed E-state index contributed by atoms with van der Waals surface area (Å²) in [6.07, 6.45) is 9.29. The highest BCUT2D eigenvalue weighted by Crippen LogP contribution is 2.35. The van der Waals surface area contributed by atoms with E-state index in [0.717, 1.165) is 38.4 Å². The largest absolute Gasteiger partial charge is 0.369 e. The van der Waals surface area contributed by atoms with Crippen LogP contribution in [0, 0.1) is 11.8 Å². The fourth-order valence-corrected chi connectivity index (χ4v) is 4.74. The van der Waals surface area contributed by atoms with Crippen molar-refractivity contribution in [3.8, 4) is 0 Å². The van der Waals surface area contributed by atoms with E-state index in [0.29, 0.717) is 18.5 Å². The summed E-state index contributed by atoms with van der Waals surface area (Å²) in [5.41, 5.74) is 5.38. The zero-order chi connectivity index (χ0) is 15.5. The number of rotatable bonds is 3. The van der Waals surface area contributed by atoms with Crippen LogP contribution in [0.3, 0.4) is 0 Å². The zero-order valence-electron chi connectivity index (χ0n) is 13.6. The molecule has 3 N–H and O–H groups in total. The van der Waals surface area contributed by atoms with Crippen LogP contribution in [0.5, 0.6) is 0 Å². The van der Waals surface area contributed by atoms with Gasteiger partial charge in [-0.1, -0.05) is 12.8 Å². The second kappa shape index (κ2) is 6.99. The van der Waals surface area contributed by atoms with Crippen LogP contribution in [0.25, 0.3) is 0 Å². The first-order chi connectivity index (χ1) is 10.6. The number of hydrogen-bond donors (Lipinski definition) is 2. The van der Waals surface area contributed by atoms with Gasteiger partial charge in [0.25, 0.3) is 5.91 Å². The molecular weight excluding hydrogens is 278 g/mol. The fraction of sp³-hybridized carbons (Fsp3) is 0.882. The van der Waals surface area contributed by atoms with Crippen LogP contribution in [0.2, 0.25) is 0 Å². The van der Waals surface area contributed by atoms with Crippen LogP contribution in [-0.4, -0.2) is 48.9 Å². The third kappa shape index (κ3) is 3.45. The number of likely N-dealkylation sites (tertiary alicyclic amines) is 2. The molecule has 2 atom stereocenters. The topological polar surface area (TPSA) is 67.8 Å². The molecule has 124 valence electrons. The van der Waals surface area contributed by atoms with Gasteiger partial charge in [-0.3, -0.25) is 9.59 Å². The molecule has 3 aliphatic rings. The van der Waals surface area contributed by atoms with Crippen molar-refractivity contribution in [2.24, 2.45) is 17.6 Å². The van der Waals surface area contributed by atoms with Crippen LogP contribution in [0.15, 0.2) is 0 Å². The lowest BCUT2D eigenvalue weighted by molar-refractivity contribution is -0.898. The molecule has 0 aromatic heterocycles. The average Bonchev–Trinajstić information content (AvgIpc) is 2.54. The van der Waals surface area contributed by atoms with E-state index in [2.05, 4.69) is 4.90 Å². The van der Waals surface area contributed by atoms with Gasteiger partial charge in [-0.05, 0) is 31.6 Å². The van der Waals surface area contributed by atoms with Gasteiger partial charge in [-0.2, -0.15) is 0 Å². The van der Waals surface area contributed by atoms with Crippen molar-refractivity contribution >= 4 is 11.8 Å². The van der Waals surface area contributed by atoms with E-state index < -0.39 is 0 Å². The first-order valence-corrected chi connectivity index (χ1v) is 9.07. The van der Waals surface area contributed by atoms with E-state index in [9.17, 15) is 9.59 Å². The van der Waals surface area contributed by atoms with Gasteiger partial charge in [0, 0.05) is 31.3 Å². The van der Waals surface area contributed by atoms with Crippen LogP contribution in [0.4, 0.5) is 0 Å². The standard InChI is InChI=1S/C17H29N3O2/c18-17(22)14-7-10-19(11-8-14)12-16(21)20-9-3-5-13-4-1-2-6-15(13)20/h13-15H,1-12H2,(H2,18,22)/p+1/t13-,15-/m1/s1. The molecule has 5 heteroatoms. The molecule has 0 aromatic rings. The highest BCUT2D eigenvalue weighted by atomic mass is 16.2. The maximum Gasteiger partial charge on any atom is 0.278 e. The number of primary amides is 1. The number of nitrogens with zero attached hydrogens (tertiary/aromatic N) is 1. The molecule has 1 aliphatic carbocycles. The number of amides is 2. The van der Waals surface area contributed by atoms with Crippen molar-refractivity contribution < 1.29 is 14.5 Å². The molecule has 1 saturated carbocycles. The Bertz CT molecular complexity index is 416. The molecule has 2 amide bonds. The van der Waals surface area contributed by atoms with Crippen molar-refractivity contribution in [3.63, 3.8) is 0 Å². The van der Waals surface area contributed by atoms with E-state index in [4.69, 9.17) is 5.73 Å². The van der Waals surface area contributed by atoms with Crippen molar-refractivity contribution in [3.05, 3.63) is 0 Å². The minimum atomic E-state index is -0.175. The summed E-state index contributed by atoms with van der Waals surface area (Å²) in [6.45, 7) is 3.37. The molecule has 0 unspecified atom stereocenters. The number of carbonyl (C=O) groups is 2. The van der Waals surface area contributed by atoms with Crippen LogP contribution < -0.4 is 10.6 Å². The van der Waals surface area contributed by atoms with Crippen molar-refractivity contribution in [1.29, 1.82) is 0 Å². The highest BCUT2D eigenvalue weighted by Gasteiger charge is 2.37. The van der Waals surface area contributed by atoms with Gasteiger partial charge in [0.15, 0.2) is 6.54 Å². The second-order valence-electron chi connectivity index (χ2n) is 7.44. The number of nitrogens with two attached hydrogens (primary N) is 1. The molecule has 2 saturated heterocycles. The Labute approximate surface area is 133 Å². The molecule has 0 bridgehead atoms. The summed E-state index contributed by atoms with van der Waals surface area (Å²) in [4.78, 5) is 27.5. The average molecular weight is 308 g/mol. The Balaban J connectivity index is 1.52. The van der Waals surface area contributed by atoms with Gasteiger partial charge in [-0.25, -0.2) is 0 Å². The lowest BCUT2D eigenvalue weighted by Gasteiger charge is -2.44. The molecule has 2 heterocycles. The third-order valence-corrected chi connectivity index (χ3v) is 6.06. The maximum atomic E-state index is 12.8. The molecule has 3 rings (SSSR count). The maximum absolute atomic E-state index is 12.8. The third-order valence-electron chi connectivity index (χ3n) is 6.06. The number of fused-ring (bicyclic) bond motifs is 1. The normalized spacial score (nSPS) is 35.7. The number of hydrogen-bond acceptors (Lipinski definition) is 2. The Morgan fingerprint density at radius 1 is 1.00 bits per heavy atom. The Morgan fingerprint density at radius 2 is 1.68 bits per heavy atom. The van der Waals surface area contributed by atoms with Gasteiger partial charge in [0.1, 0.15) is 0 Å². The van der Waals surface area contributed by atoms with Gasteiger partial charge in [0.2, 0.25) is 5.91 Å². The monoisotopic (exact) mass is 308 g/mol. The molecule has 0 aromatic carbocycles. The van der Waals surface area contributed by atoms with Crippen LogP contribution >= 0.6 is 0 Å². The first kappa shape index (κ1) is 15.8. The number of quaternary nitrogens is 1. The second-order valence-corrected chi connectivity index (χ2v) is 7.44. The number of piperidine rings is 2. The van der Waals surface area contributed by atoms with Crippen LogP contribution in [-0.2, 0) is 9.59 Å². The Morgan fingerprint density at radius 3 is 2.41 bits per heavy atom. The molecular formula is C17H30N3O2+. The summed E-state index contributed by atoms with van der Waals surface area (Å²) in [5.74, 6) is 0.939. The number of carbonyl (C=O) groups excluding carboxylic acids is 2. The molecule has 22 heavy (non-hydrogen) atoms. The summed E-state index contributed by atoms with van der Waals surface area (Å²) >= 11 is 0. The molecule has 2 aliphatic heterocycles. The lowest BCUT2D eigenvalue weighted by Crippen LogP contribution is -3.14. The van der Waals surface area contributed by atoms with E-state index in [1.807, 2.05) is 0 Å². The van der Waals surface area contributed by atoms with Crippen molar-refractivity contribution in [2.45, 2.75) is 57.4 Å². The molecule has 0 spiro atoms. The van der Waals surface area contributed by atoms with E-state index >= 15 is 0 Å². The minimum Gasteiger partial charge on any atom is -0.369 e. The molecule has 0 radical (unpaired) electrons. The zero-order valence-corrected chi connectivity index (χ0v) is 13.6. The van der Waals surface area contributed by atoms with Gasteiger partial charge < -0.3 is 15.5 Å². The molecule has 3 fully saturated rings. The van der Waals surface area contributed by atoms with Gasteiger partial charge in [0.05, 0.1) is 13.1 Å². The predicted molar refractivity (Wildman–Crippen MR) is 84.2 cm³/mol. The Hall–Kier alpha value is -1.10. The van der Waals surface area contributed by atoms with E-state index in [-0.39, 0.29) is 11.8 Å². The quantitative estimate of drug-likeness (QED) is 0.767. The Kier molecular flexibility index (Phi) is 5.01. The summed E-state index contributed by atoms with van der Waals surface area (Å²) < 4.78 is 0. The van der Waals surface area contributed by atoms with Gasteiger partial charge >= 0.3 is 0 Å². The summed E-state index contributed by atoms with van der Waals surface area (Å²) in [5, 5.41) is 0.